The summed E-state index contributed by atoms with van der Waals surface area (Å²) in [5.41, 5.74) is 6.38. The van der Waals surface area contributed by atoms with Gasteiger partial charge in [0.15, 0.2) is 5.58 Å². The topological polar surface area (TPSA) is 31.2 Å². The van der Waals surface area contributed by atoms with Crippen molar-refractivity contribution in [1.29, 1.82) is 0 Å². The fourth-order valence-electron chi connectivity index (χ4n) is 5.04. The van der Waals surface area contributed by atoms with Crippen molar-refractivity contribution in [2.24, 2.45) is 7.05 Å². The molecule has 28 heavy (non-hydrogen) atoms. The Labute approximate surface area is 160 Å². The summed E-state index contributed by atoms with van der Waals surface area (Å²) >= 11 is 0. The molecule has 3 heteroatoms. The number of aryl methyl sites for hydroxylation is 2. The van der Waals surface area contributed by atoms with Crippen molar-refractivity contribution in [1.82, 2.24) is 4.57 Å². The van der Waals surface area contributed by atoms with E-state index in [0.29, 0.717) is 0 Å². The minimum atomic E-state index is 0.925. The Kier molecular flexibility index (Phi) is 2.54. The van der Waals surface area contributed by atoms with Crippen LogP contribution < -0.4 is 0 Å². The zero-order valence-electron chi connectivity index (χ0n) is 15.5. The predicted octanol–water partition coefficient (Wildman–Crippen LogP) is 6.94. The normalized spacial score (nSPS) is 14.2. The average Bonchev–Trinajstić information content (AvgIpc) is 3.38. The maximum absolute atomic E-state index is 6.53. The zero-order valence-corrected chi connectivity index (χ0v) is 15.5. The van der Waals surface area contributed by atoms with Gasteiger partial charge in [-0.3, -0.25) is 0 Å². The van der Waals surface area contributed by atoms with Gasteiger partial charge in [-0.15, -0.1) is 0 Å². The van der Waals surface area contributed by atoms with Gasteiger partial charge in [0.05, 0.1) is 10.9 Å². The largest absolute Gasteiger partial charge is 0.458 e. The molecule has 0 bridgehead atoms. The Hall–Kier alpha value is -3.46. The first-order valence-electron chi connectivity index (χ1n) is 9.75. The zero-order chi connectivity index (χ0) is 18.4. The molecule has 0 saturated heterocycles. The lowest BCUT2D eigenvalue weighted by Crippen LogP contribution is -1.88. The van der Waals surface area contributed by atoms with Gasteiger partial charge in [0.1, 0.15) is 16.9 Å². The van der Waals surface area contributed by atoms with Crippen LogP contribution in [0, 0.1) is 0 Å². The highest BCUT2D eigenvalue weighted by molar-refractivity contribution is 6.34. The lowest BCUT2D eigenvalue weighted by Gasteiger charge is -2.03. The number of allylic oxidation sites excluding steroid dienone is 1. The Bertz CT molecular complexity index is 1620. The van der Waals surface area contributed by atoms with E-state index in [9.17, 15) is 0 Å². The van der Waals surface area contributed by atoms with E-state index >= 15 is 0 Å². The molecule has 0 fully saturated rings. The lowest BCUT2D eigenvalue weighted by atomic mass is 9.97. The number of rotatable bonds is 0. The van der Waals surface area contributed by atoms with Crippen molar-refractivity contribution in [2.75, 3.05) is 0 Å². The highest BCUT2D eigenvalue weighted by Gasteiger charge is 2.26. The maximum atomic E-state index is 6.53. The smallest absolute Gasteiger partial charge is 0.160 e. The SMILES string of the molecule is Cn1c2ccccc2c2c3oc4ccccc4c3c3c4c(oc3c21)CCC=C4. The molecule has 7 rings (SSSR count). The Morgan fingerprint density at radius 3 is 2.57 bits per heavy atom. The number of nitrogens with zero attached hydrogens (tertiary/aromatic N) is 1. The quantitative estimate of drug-likeness (QED) is 0.293. The molecule has 3 heterocycles. The standard InChI is InChI=1S/C25H17NO2/c1-26-17-11-5-2-8-14(17)22-23(26)25-21(16-10-4-7-13-19(16)28-25)20-15-9-3-6-12-18(15)27-24(20)22/h2-6,8-12H,7,13H2,1H3. The number of aromatic nitrogens is 1. The summed E-state index contributed by atoms with van der Waals surface area (Å²) in [4.78, 5) is 0. The molecular weight excluding hydrogens is 346 g/mol. The second-order valence-electron chi connectivity index (χ2n) is 7.69. The van der Waals surface area contributed by atoms with Gasteiger partial charge >= 0.3 is 0 Å². The molecule has 1 aliphatic carbocycles. The summed E-state index contributed by atoms with van der Waals surface area (Å²) in [6, 6.07) is 16.9. The van der Waals surface area contributed by atoms with E-state index in [1.807, 2.05) is 6.07 Å². The summed E-state index contributed by atoms with van der Waals surface area (Å²) in [5, 5.41) is 5.86. The van der Waals surface area contributed by atoms with Gasteiger partial charge in [-0.05, 0) is 18.6 Å². The van der Waals surface area contributed by atoms with Crippen molar-refractivity contribution in [3.63, 3.8) is 0 Å². The van der Waals surface area contributed by atoms with Gasteiger partial charge in [-0.2, -0.15) is 0 Å². The van der Waals surface area contributed by atoms with Gasteiger partial charge in [0.2, 0.25) is 0 Å². The van der Waals surface area contributed by atoms with Crippen LogP contribution in [-0.4, -0.2) is 4.57 Å². The Balaban J connectivity index is 1.92. The molecular formula is C25H17NO2. The van der Waals surface area contributed by atoms with Crippen LogP contribution in [0.15, 0.2) is 63.4 Å². The Morgan fingerprint density at radius 2 is 1.64 bits per heavy atom. The summed E-state index contributed by atoms with van der Waals surface area (Å²) in [5.74, 6) is 1.09. The van der Waals surface area contributed by atoms with Crippen LogP contribution in [0.5, 0.6) is 0 Å². The fourth-order valence-corrected chi connectivity index (χ4v) is 5.04. The van der Waals surface area contributed by atoms with Crippen LogP contribution in [0.4, 0.5) is 0 Å². The van der Waals surface area contributed by atoms with Crippen LogP contribution in [0.1, 0.15) is 17.7 Å². The van der Waals surface area contributed by atoms with E-state index in [4.69, 9.17) is 8.83 Å². The third-order valence-electron chi connectivity index (χ3n) is 6.24. The summed E-state index contributed by atoms with van der Waals surface area (Å²) < 4.78 is 15.3. The van der Waals surface area contributed by atoms with Gasteiger partial charge < -0.3 is 13.4 Å². The minimum Gasteiger partial charge on any atom is -0.458 e. The van der Waals surface area contributed by atoms with Crippen LogP contribution >= 0.6 is 0 Å². The molecule has 0 N–H and O–H groups in total. The van der Waals surface area contributed by atoms with Gasteiger partial charge in [0, 0.05) is 46.1 Å². The van der Waals surface area contributed by atoms with E-state index in [1.165, 1.54) is 27.2 Å². The first-order chi connectivity index (χ1) is 13.8. The van der Waals surface area contributed by atoms with E-state index in [1.54, 1.807) is 0 Å². The monoisotopic (exact) mass is 363 g/mol. The molecule has 1 aliphatic rings. The van der Waals surface area contributed by atoms with Crippen molar-refractivity contribution in [3.8, 4) is 0 Å². The molecule has 6 aromatic rings. The molecule has 0 unspecified atom stereocenters. The highest BCUT2D eigenvalue weighted by atomic mass is 16.3. The number of hydrogen-bond acceptors (Lipinski definition) is 2. The molecule has 3 nitrogen and oxygen atoms in total. The second kappa shape index (κ2) is 4.87. The molecule has 134 valence electrons. The number of benzene rings is 3. The summed E-state index contributed by atoms with van der Waals surface area (Å²) in [6.45, 7) is 0. The molecule has 0 radical (unpaired) electrons. The average molecular weight is 363 g/mol. The maximum Gasteiger partial charge on any atom is 0.160 e. The molecule has 0 spiro atoms. The van der Waals surface area contributed by atoms with E-state index in [-0.39, 0.29) is 0 Å². The number of fused-ring (bicyclic) bond motifs is 12. The van der Waals surface area contributed by atoms with E-state index in [2.05, 4.69) is 66.2 Å². The molecule has 3 aromatic carbocycles. The van der Waals surface area contributed by atoms with Crippen molar-refractivity contribution in [3.05, 3.63) is 65.9 Å². The van der Waals surface area contributed by atoms with Gasteiger partial charge in [-0.1, -0.05) is 48.6 Å². The second-order valence-corrected chi connectivity index (χ2v) is 7.69. The first kappa shape index (κ1) is 14.6. The highest BCUT2D eigenvalue weighted by Crippen LogP contribution is 2.47. The molecule has 0 aliphatic heterocycles. The number of para-hydroxylation sites is 2. The van der Waals surface area contributed by atoms with Gasteiger partial charge in [-0.25, -0.2) is 0 Å². The molecule has 0 amide bonds. The van der Waals surface area contributed by atoms with E-state index < -0.39 is 0 Å². The van der Waals surface area contributed by atoms with Crippen molar-refractivity contribution < 1.29 is 8.83 Å². The third kappa shape index (κ3) is 1.57. The summed E-state index contributed by atoms with van der Waals surface area (Å²) in [6.07, 6.45) is 6.45. The summed E-state index contributed by atoms with van der Waals surface area (Å²) in [7, 11) is 2.12. The Morgan fingerprint density at radius 1 is 0.821 bits per heavy atom. The van der Waals surface area contributed by atoms with Crippen LogP contribution in [0.2, 0.25) is 0 Å². The fraction of sp³-hybridized carbons (Fsp3) is 0.120. The van der Waals surface area contributed by atoms with Crippen molar-refractivity contribution in [2.45, 2.75) is 12.8 Å². The molecule has 0 atom stereocenters. The van der Waals surface area contributed by atoms with Crippen LogP contribution in [0.25, 0.3) is 60.8 Å². The third-order valence-corrected chi connectivity index (χ3v) is 6.24. The predicted molar refractivity (Wildman–Crippen MR) is 115 cm³/mol. The number of furan rings is 2. The van der Waals surface area contributed by atoms with E-state index in [0.717, 1.165) is 51.6 Å². The van der Waals surface area contributed by atoms with Crippen LogP contribution in [-0.2, 0) is 13.5 Å². The van der Waals surface area contributed by atoms with Gasteiger partial charge in [0.25, 0.3) is 0 Å². The molecule has 3 aromatic heterocycles. The lowest BCUT2D eigenvalue weighted by molar-refractivity contribution is 0.547. The number of hydrogen-bond donors (Lipinski definition) is 0. The minimum absolute atomic E-state index is 0.925. The van der Waals surface area contributed by atoms with Crippen molar-refractivity contribution >= 4 is 60.8 Å². The molecule has 0 saturated carbocycles. The first-order valence-corrected chi connectivity index (χ1v) is 9.75. The van der Waals surface area contributed by atoms with Crippen LogP contribution in [0.3, 0.4) is 0 Å².